The van der Waals surface area contributed by atoms with E-state index in [0.717, 1.165) is 38.4 Å². The molecule has 1 aliphatic heterocycles. The summed E-state index contributed by atoms with van der Waals surface area (Å²) in [5.41, 5.74) is 2.42. The maximum Gasteiger partial charge on any atom is 0.290 e. The Balaban J connectivity index is 0.000000872. The molecule has 1 fully saturated rings. The van der Waals surface area contributed by atoms with E-state index >= 15 is 0 Å². The van der Waals surface area contributed by atoms with Crippen molar-refractivity contribution in [1.82, 2.24) is 9.80 Å². The van der Waals surface area contributed by atoms with Crippen LogP contribution in [0.15, 0.2) is 54.6 Å². The van der Waals surface area contributed by atoms with Crippen molar-refractivity contribution in [3.8, 4) is 5.75 Å². The zero-order valence-corrected chi connectivity index (χ0v) is 19.8. The SMILES string of the molecule is CN(C)CCCOc1ccc(CN2CCO[C@H](CO)[C@H]2c2ccccc2)cc1.O=CO.O=CO. The number of carboxylic acid groups (broad SMARTS) is 2. The molecule has 0 spiro atoms. The first-order valence-electron chi connectivity index (χ1n) is 11.0. The Hall–Kier alpha value is -2.98. The Labute approximate surface area is 201 Å². The Morgan fingerprint density at radius 3 is 2.24 bits per heavy atom. The summed E-state index contributed by atoms with van der Waals surface area (Å²) in [4.78, 5) is 21.3. The lowest BCUT2D eigenvalue weighted by atomic mass is 9.97. The number of rotatable bonds is 9. The van der Waals surface area contributed by atoms with Gasteiger partial charge in [0.2, 0.25) is 0 Å². The highest BCUT2D eigenvalue weighted by Crippen LogP contribution is 2.31. The maximum atomic E-state index is 9.81. The Morgan fingerprint density at radius 2 is 1.68 bits per heavy atom. The zero-order chi connectivity index (χ0) is 25.2. The first-order chi connectivity index (χ1) is 16.5. The number of nitrogens with zero attached hydrogens (tertiary/aromatic N) is 2. The fourth-order valence-electron chi connectivity index (χ4n) is 3.69. The lowest BCUT2D eigenvalue weighted by molar-refractivity contribution is -0.123. The second-order valence-corrected chi connectivity index (χ2v) is 7.78. The summed E-state index contributed by atoms with van der Waals surface area (Å²) in [7, 11) is 4.15. The zero-order valence-electron chi connectivity index (χ0n) is 19.8. The van der Waals surface area contributed by atoms with Crippen LogP contribution >= 0.6 is 0 Å². The number of aliphatic hydroxyl groups is 1. The van der Waals surface area contributed by atoms with Crippen LogP contribution in [0, 0.1) is 0 Å². The monoisotopic (exact) mass is 476 g/mol. The fraction of sp³-hybridized carbons (Fsp3) is 0.440. The third-order valence-corrected chi connectivity index (χ3v) is 5.10. The highest BCUT2D eigenvalue weighted by molar-refractivity contribution is 5.33. The van der Waals surface area contributed by atoms with Gasteiger partial charge in [-0.05, 0) is 43.8 Å². The second kappa shape index (κ2) is 17.5. The summed E-state index contributed by atoms with van der Waals surface area (Å²) in [6.45, 7) is 3.59. The Morgan fingerprint density at radius 1 is 1.06 bits per heavy atom. The third kappa shape index (κ3) is 10.8. The van der Waals surface area contributed by atoms with E-state index in [2.05, 4.69) is 48.2 Å². The average molecular weight is 477 g/mol. The molecule has 0 unspecified atom stereocenters. The van der Waals surface area contributed by atoms with Crippen LogP contribution in [0.3, 0.4) is 0 Å². The van der Waals surface area contributed by atoms with E-state index in [1.54, 1.807) is 0 Å². The molecule has 9 nitrogen and oxygen atoms in total. The number of morpholine rings is 1. The van der Waals surface area contributed by atoms with Gasteiger partial charge in [-0.15, -0.1) is 0 Å². The molecule has 3 rings (SSSR count). The van der Waals surface area contributed by atoms with Gasteiger partial charge in [0.05, 0.1) is 25.9 Å². The van der Waals surface area contributed by atoms with E-state index in [4.69, 9.17) is 29.3 Å². The van der Waals surface area contributed by atoms with Crippen LogP contribution in [0.4, 0.5) is 0 Å². The van der Waals surface area contributed by atoms with Crippen LogP contribution in [0.25, 0.3) is 0 Å². The standard InChI is InChI=1S/C23H32N2O3.2CH2O2/c1-24(2)13-6-15-27-21-11-9-19(10-12-21)17-25-14-16-28-22(18-26)23(25)20-7-4-3-5-8-20;2*2-1-3/h3-5,7-12,22-23,26H,6,13-18H2,1-2H3;2*1H,(H,2,3)/t22-,23-;;/m1../s1. The minimum absolute atomic E-state index is 0.0236. The largest absolute Gasteiger partial charge is 0.494 e. The molecule has 0 aliphatic carbocycles. The first-order valence-corrected chi connectivity index (χ1v) is 11.0. The third-order valence-electron chi connectivity index (χ3n) is 5.10. The quantitative estimate of drug-likeness (QED) is 0.370. The predicted molar refractivity (Wildman–Crippen MR) is 129 cm³/mol. The molecule has 188 valence electrons. The van der Waals surface area contributed by atoms with Gasteiger partial charge in [-0.3, -0.25) is 14.5 Å². The molecule has 2 atom stereocenters. The molecule has 1 aliphatic rings. The van der Waals surface area contributed by atoms with Gasteiger partial charge in [-0.25, -0.2) is 0 Å². The number of benzene rings is 2. The normalized spacial score (nSPS) is 17.5. The van der Waals surface area contributed by atoms with Crippen LogP contribution in [0.1, 0.15) is 23.6 Å². The molecule has 3 N–H and O–H groups in total. The molecule has 9 heteroatoms. The van der Waals surface area contributed by atoms with Gasteiger partial charge >= 0.3 is 0 Å². The predicted octanol–water partition coefficient (Wildman–Crippen LogP) is 2.35. The number of hydrogen-bond donors (Lipinski definition) is 3. The maximum absolute atomic E-state index is 9.81. The van der Waals surface area contributed by atoms with Gasteiger partial charge in [0.15, 0.2) is 0 Å². The van der Waals surface area contributed by atoms with Gasteiger partial charge in [-0.2, -0.15) is 0 Å². The first kappa shape index (κ1) is 29.1. The number of hydrogen-bond acceptors (Lipinski definition) is 7. The van der Waals surface area contributed by atoms with Gasteiger partial charge in [0, 0.05) is 19.6 Å². The number of aliphatic hydroxyl groups excluding tert-OH is 1. The minimum atomic E-state index is -0.250. The molecule has 1 saturated heterocycles. The van der Waals surface area contributed by atoms with E-state index in [0.29, 0.717) is 6.61 Å². The van der Waals surface area contributed by atoms with Crippen molar-refractivity contribution < 1.29 is 34.4 Å². The van der Waals surface area contributed by atoms with E-state index in [1.165, 1.54) is 11.1 Å². The van der Waals surface area contributed by atoms with Crippen LogP contribution in [-0.2, 0) is 20.9 Å². The van der Waals surface area contributed by atoms with Gasteiger partial charge < -0.3 is 29.7 Å². The van der Waals surface area contributed by atoms with Crippen molar-refractivity contribution in [1.29, 1.82) is 0 Å². The molecule has 2 aromatic rings. The van der Waals surface area contributed by atoms with Crippen molar-refractivity contribution in [2.45, 2.75) is 25.1 Å². The lowest BCUT2D eigenvalue weighted by Crippen LogP contribution is -2.46. The molecule has 0 saturated carbocycles. The summed E-state index contributed by atoms with van der Waals surface area (Å²) in [6, 6.07) is 18.7. The summed E-state index contributed by atoms with van der Waals surface area (Å²) >= 11 is 0. The molecular formula is C25H36N2O7. The van der Waals surface area contributed by atoms with E-state index < -0.39 is 0 Å². The topological polar surface area (TPSA) is 120 Å². The fourth-order valence-corrected chi connectivity index (χ4v) is 3.69. The molecule has 0 radical (unpaired) electrons. The van der Waals surface area contributed by atoms with Gasteiger partial charge in [-0.1, -0.05) is 42.5 Å². The molecule has 0 bridgehead atoms. The number of carbonyl (C=O) groups is 2. The summed E-state index contributed by atoms with van der Waals surface area (Å²) in [6.07, 6.45) is 0.819. The van der Waals surface area contributed by atoms with Crippen molar-refractivity contribution in [3.63, 3.8) is 0 Å². The van der Waals surface area contributed by atoms with Crippen molar-refractivity contribution in [2.75, 3.05) is 47.0 Å². The number of ether oxygens (including phenoxy) is 2. The summed E-state index contributed by atoms with van der Waals surface area (Å²) < 4.78 is 11.7. The molecule has 0 aromatic heterocycles. The molecule has 34 heavy (non-hydrogen) atoms. The van der Waals surface area contributed by atoms with E-state index in [9.17, 15) is 5.11 Å². The molecule has 1 heterocycles. The smallest absolute Gasteiger partial charge is 0.290 e. The highest BCUT2D eigenvalue weighted by Gasteiger charge is 2.33. The van der Waals surface area contributed by atoms with Crippen molar-refractivity contribution in [3.05, 3.63) is 65.7 Å². The van der Waals surface area contributed by atoms with E-state index in [-0.39, 0.29) is 31.7 Å². The molecule has 2 aromatic carbocycles. The van der Waals surface area contributed by atoms with Gasteiger partial charge in [0.25, 0.3) is 12.9 Å². The van der Waals surface area contributed by atoms with Crippen LogP contribution in [0.2, 0.25) is 0 Å². The highest BCUT2D eigenvalue weighted by atomic mass is 16.5. The summed E-state index contributed by atoms with van der Waals surface area (Å²) in [5.74, 6) is 0.914. The lowest BCUT2D eigenvalue weighted by Gasteiger charge is -2.41. The second-order valence-electron chi connectivity index (χ2n) is 7.78. The minimum Gasteiger partial charge on any atom is -0.494 e. The molecule has 0 amide bonds. The van der Waals surface area contributed by atoms with Crippen LogP contribution in [0.5, 0.6) is 5.75 Å². The van der Waals surface area contributed by atoms with Crippen molar-refractivity contribution in [2.24, 2.45) is 0 Å². The Bertz CT molecular complexity index is 782. The summed E-state index contributed by atoms with van der Waals surface area (Å²) in [5, 5.41) is 23.6. The van der Waals surface area contributed by atoms with E-state index in [1.807, 2.05) is 30.3 Å². The van der Waals surface area contributed by atoms with Gasteiger partial charge in [0.1, 0.15) is 11.9 Å². The van der Waals surface area contributed by atoms with Crippen molar-refractivity contribution >= 4 is 12.9 Å². The molecular weight excluding hydrogens is 440 g/mol. The van der Waals surface area contributed by atoms with Crippen LogP contribution in [-0.4, -0.2) is 91.2 Å². The Kier molecular flexibility index (Phi) is 14.9. The average Bonchev–Trinajstić information content (AvgIpc) is 2.84. The van der Waals surface area contributed by atoms with Crippen LogP contribution < -0.4 is 4.74 Å².